The van der Waals surface area contributed by atoms with Crippen molar-refractivity contribution < 1.29 is 139 Å². The Morgan fingerprint density at radius 3 is 1.42 bits per heavy atom. The average molecular weight is 1060 g/mol. The average Bonchev–Trinajstić information content (AvgIpc) is 3.37. The van der Waals surface area contributed by atoms with Gasteiger partial charge < -0.3 is 139 Å². The minimum Gasteiger partial charge on any atom is -0.508 e. The Bertz CT molecular complexity index is 2400. The van der Waals surface area contributed by atoms with Gasteiger partial charge in [-0.1, -0.05) is 0 Å². The number of rotatable bonds is 14. The summed E-state index contributed by atoms with van der Waals surface area (Å²) in [4.78, 5) is 14.9. The summed E-state index contributed by atoms with van der Waals surface area (Å²) in [5, 5.41) is 180. The summed E-state index contributed by atoms with van der Waals surface area (Å²) < 4.78 is 65.7. The first-order valence-electron chi connectivity index (χ1n) is 23.3. The van der Waals surface area contributed by atoms with Crippen molar-refractivity contribution in [1.29, 1.82) is 0 Å². The highest BCUT2D eigenvalue weighted by molar-refractivity contribution is 5.88. The molecule has 74 heavy (non-hydrogen) atoms. The normalized spacial score (nSPS) is 43.0. The highest BCUT2D eigenvalue weighted by Gasteiger charge is 2.57. The van der Waals surface area contributed by atoms with Crippen LogP contribution in [0.3, 0.4) is 0 Å². The molecule has 25 unspecified atom stereocenters. The Balaban J connectivity index is 1.26. The first-order chi connectivity index (χ1) is 35.1. The molecule has 0 spiro atoms. The number of aliphatic hydroxyl groups excluding tert-OH is 15. The molecule has 0 amide bonds. The summed E-state index contributed by atoms with van der Waals surface area (Å²) in [6, 6.07) is 6.94. The molecule has 17 N–H and O–H groups in total. The van der Waals surface area contributed by atoms with Gasteiger partial charge in [0.15, 0.2) is 30.7 Å². The molecule has 5 aliphatic rings. The van der Waals surface area contributed by atoms with Gasteiger partial charge in [-0.05, 0) is 38.1 Å². The van der Waals surface area contributed by atoms with E-state index in [9.17, 15) is 91.6 Å². The van der Waals surface area contributed by atoms with Crippen LogP contribution in [0.15, 0.2) is 45.6 Å². The number of hydrogen-bond acceptors (Lipinski definition) is 29. The van der Waals surface area contributed by atoms with Gasteiger partial charge >= 0.3 is 0 Å². The largest absolute Gasteiger partial charge is 0.508 e. The molecule has 6 heterocycles. The van der Waals surface area contributed by atoms with Gasteiger partial charge in [-0.15, -0.1) is 0 Å². The Labute approximate surface area is 417 Å². The summed E-state index contributed by atoms with van der Waals surface area (Å²) in [6.07, 6.45) is -46.8. The molecule has 29 nitrogen and oxygen atoms in total. The minimum absolute atomic E-state index is 0.00668. The van der Waals surface area contributed by atoms with E-state index in [-0.39, 0.29) is 17.1 Å². The lowest BCUT2D eigenvalue weighted by Gasteiger charge is -2.50. The van der Waals surface area contributed by atoms with Crippen LogP contribution in [0.4, 0.5) is 0 Å². The van der Waals surface area contributed by atoms with E-state index in [1.807, 2.05) is 0 Å². The Kier molecular flexibility index (Phi) is 17.4. The highest BCUT2D eigenvalue weighted by Crippen LogP contribution is 2.41. The number of ether oxygens (including phenoxy) is 10. The molecule has 5 fully saturated rings. The van der Waals surface area contributed by atoms with Crippen molar-refractivity contribution in [2.75, 3.05) is 19.8 Å². The van der Waals surface area contributed by atoms with Crippen molar-refractivity contribution in [2.45, 2.75) is 167 Å². The smallest absolute Gasteiger partial charge is 0.239 e. The monoisotopic (exact) mass is 1060 g/mol. The first kappa shape index (κ1) is 56.1. The van der Waals surface area contributed by atoms with E-state index < -0.39 is 207 Å². The van der Waals surface area contributed by atoms with Gasteiger partial charge in [-0.25, -0.2) is 0 Å². The van der Waals surface area contributed by atoms with Gasteiger partial charge in [-0.3, -0.25) is 4.79 Å². The molecule has 0 bridgehead atoms. The number of hydrogen-bond donors (Lipinski definition) is 17. The van der Waals surface area contributed by atoms with Crippen LogP contribution in [0.5, 0.6) is 23.0 Å². The molecular weight excluding hydrogens is 1000 g/mol. The van der Waals surface area contributed by atoms with E-state index in [2.05, 4.69) is 0 Å². The molecule has 2 aromatic carbocycles. The van der Waals surface area contributed by atoms with Gasteiger partial charge in [0.2, 0.25) is 23.8 Å². The van der Waals surface area contributed by atoms with Gasteiger partial charge in [-0.2, -0.15) is 0 Å². The number of aliphatic hydroxyl groups is 15. The van der Waals surface area contributed by atoms with Crippen molar-refractivity contribution in [2.24, 2.45) is 0 Å². The maximum Gasteiger partial charge on any atom is 0.239 e. The lowest BCUT2D eigenvalue weighted by Crippen LogP contribution is -2.68. The van der Waals surface area contributed by atoms with Crippen LogP contribution >= 0.6 is 0 Å². The molecule has 5 aliphatic heterocycles. The summed E-state index contributed by atoms with van der Waals surface area (Å²) in [5.41, 5.74) is -1.59. The first-order valence-corrected chi connectivity index (χ1v) is 23.3. The second-order valence-corrected chi connectivity index (χ2v) is 18.5. The molecule has 3 aromatic rings. The predicted octanol–water partition coefficient (Wildman–Crippen LogP) is -7.24. The zero-order chi connectivity index (χ0) is 53.8. The van der Waals surface area contributed by atoms with Crippen LogP contribution in [0.2, 0.25) is 0 Å². The number of aromatic hydroxyl groups is 2. The molecule has 25 atom stereocenters. The summed E-state index contributed by atoms with van der Waals surface area (Å²) in [7, 11) is 0. The summed E-state index contributed by atoms with van der Waals surface area (Å²) >= 11 is 0. The van der Waals surface area contributed by atoms with Crippen molar-refractivity contribution in [3.8, 4) is 34.3 Å². The predicted molar refractivity (Wildman–Crippen MR) is 235 cm³/mol. The zero-order valence-corrected chi connectivity index (χ0v) is 39.0. The third-order valence-electron chi connectivity index (χ3n) is 13.5. The van der Waals surface area contributed by atoms with Crippen LogP contribution in [0.1, 0.15) is 13.8 Å². The molecule has 0 saturated carbocycles. The minimum atomic E-state index is -2.20. The van der Waals surface area contributed by atoms with E-state index in [1.165, 1.54) is 38.1 Å². The number of benzene rings is 2. The van der Waals surface area contributed by atoms with Crippen molar-refractivity contribution >= 4 is 11.0 Å². The van der Waals surface area contributed by atoms with Crippen molar-refractivity contribution in [1.82, 2.24) is 0 Å². The maximum absolute atomic E-state index is 14.9. The van der Waals surface area contributed by atoms with Crippen molar-refractivity contribution in [3.05, 3.63) is 46.6 Å². The van der Waals surface area contributed by atoms with Gasteiger partial charge in [0.25, 0.3) is 0 Å². The third kappa shape index (κ3) is 10.8. The number of fused-ring (bicyclic) bond motifs is 1. The van der Waals surface area contributed by atoms with Crippen LogP contribution in [-0.4, -0.2) is 260 Å². The molecular formula is C45H60O29. The maximum atomic E-state index is 14.9. The Morgan fingerprint density at radius 1 is 0.473 bits per heavy atom. The van der Waals surface area contributed by atoms with Crippen molar-refractivity contribution in [3.63, 3.8) is 0 Å². The fourth-order valence-electron chi connectivity index (χ4n) is 9.16. The van der Waals surface area contributed by atoms with E-state index in [4.69, 9.17) is 51.8 Å². The third-order valence-corrected chi connectivity index (χ3v) is 13.5. The molecule has 0 radical (unpaired) electrons. The van der Waals surface area contributed by atoms with Crippen LogP contribution in [-0.2, 0) is 37.9 Å². The second kappa shape index (κ2) is 22.9. The van der Waals surface area contributed by atoms with E-state index >= 15 is 0 Å². The second-order valence-electron chi connectivity index (χ2n) is 18.5. The topological polar surface area (TPSA) is 466 Å². The molecule has 414 valence electrons. The standard InChI is InChI=1S/C45H60O29/c1-12-23(51)28(56)32(60)41(64-12)66-16-7-17(50)22-18(8-16)67-37(14-3-5-15(49)6-4-14)38(27(22)55)72-45-40(74-44-35(63)31(59)26(54)21(11-48)70-44)39(73-43-34(62)30(58)25(53)20(10-47)69-43)36(13(2)65-45)71-42-33(61)29(57)24(52)19(9-46)68-42/h3-8,12-13,19-21,23-26,28-36,39-54,56-63H,9-11H2,1-2H3. The SMILES string of the molecule is CC1OC(Oc2cc(O)c3c(=O)c(OC4OC(C)C(OC5OC(CO)C(O)C(O)C5O)C(OC5OC(CO)C(O)C(O)C5O)C4OC4OC(CO)C(O)C(O)C4O)c(-c4ccc(O)cc4)oc3c2)C(O)C(O)C1O. The fourth-order valence-corrected chi connectivity index (χ4v) is 9.16. The van der Waals surface area contributed by atoms with E-state index in [0.29, 0.717) is 0 Å². The van der Waals surface area contributed by atoms with E-state index in [0.717, 1.165) is 12.1 Å². The quantitative estimate of drug-likeness (QED) is 0.0713. The van der Waals surface area contributed by atoms with Gasteiger partial charge in [0.1, 0.15) is 132 Å². The molecule has 8 rings (SSSR count). The number of phenols is 2. The molecule has 0 aliphatic carbocycles. The Morgan fingerprint density at radius 2 is 0.919 bits per heavy atom. The lowest BCUT2D eigenvalue weighted by atomic mass is 9.95. The van der Waals surface area contributed by atoms with Gasteiger partial charge in [0, 0.05) is 17.7 Å². The number of phenolic OH excluding ortho intramolecular Hbond substituents is 2. The Hall–Kier alpha value is -4.07. The van der Waals surface area contributed by atoms with E-state index in [1.54, 1.807) is 0 Å². The highest BCUT2D eigenvalue weighted by atomic mass is 16.8. The van der Waals surface area contributed by atoms with Crippen LogP contribution in [0, 0.1) is 0 Å². The summed E-state index contributed by atoms with van der Waals surface area (Å²) in [5.74, 6) is -2.68. The van der Waals surface area contributed by atoms with Crippen LogP contribution in [0.25, 0.3) is 22.3 Å². The van der Waals surface area contributed by atoms with Gasteiger partial charge in [0.05, 0.1) is 32.0 Å². The zero-order valence-electron chi connectivity index (χ0n) is 39.0. The molecule has 1 aromatic heterocycles. The van der Waals surface area contributed by atoms with Crippen LogP contribution < -0.4 is 14.9 Å². The molecule has 29 heteroatoms. The lowest BCUT2D eigenvalue weighted by molar-refractivity contribution is -0.400. The molecule has 5 saturated heterocycles. The fraction of sp³-hybridized carbons (Fsp3) is 0.667. The summed E-state index contributed by atoms with van der Waals surface area (Å²) in [6.45, 7) is -0.176.